The van der Waals surface area contributed by atoms with Crippen molar-refractivity contribution in [2.75, 3.05) is 6.54 Å². The van der Waals surface area contributed by atoms with E-state index in [4.69, 9.17) is 4.74 Å². The molecule has 148 valence electrons. The smallest absolute Gasteiger partial charge is 0.331 e. The molecule has 1 fully saturated rings. The van der Waals surface area contributed by atoms with Crippen molar-refractivity contribution in [3.8, 4) is 5.75 Å². The van der Waals surface area contributed by atoms with E-state index in [9.17, 15) is 14.4 Å². The van der Waals surface area contributed by atoms with Crippen molar-refractivity contribution in [2.45, 2.75) is 45.1 Å². The number of urea groups is 1. The van der Waals surface area contributed by atoms with Gasteiger partial charge in [0.15, 0.2) is 0 Å². The molecule has 1 aliphatic heterocycles. The molecule has 2 aromatic rings. The highest BCUT2D eigenvalue weighted by molar-refractivity contribution is 9.10. The zero-order valence-corrected chi connectivity index (χ0v) is 17.5. The summed E-state index contributed by atoms with van der Waals surface area (Å²) in [6.45, 7) is 3.52. The first kappa shape index (κ1) is 20.3. The minimum Gasteiger partial charge on any atom is -0.425 e. The average Bonchev–Trinajstić information content (AvgIpc) is 2.87. The summed E-state index contributed by atoms with van der Waals surface area (Å²) in [6, 6.07) is 10.5. The topological polar surface area (TPSA) is 75.7 Å². The van der Waals surface area contributed by atoms with E-state index in [0.29, 0.717) is 18.6 Å². The lowest BCUT2D eigenvalue weighted by Crippen LogP contribution is -2.47. The summed E-state index contributed by atoms with van der Waals surface area (Å²) in [6.07, 6.45) is 2.63. The number of hydrogen-bond acceptors (Lipinski definition) is 4. The normalized spacial score (nSPS) is 15.8. The van der Waals surface area contributed by atoms with Crippen molar-refractivity contribution in [1.82, 2.24) is 10.2 Å². The number of carbonyl (C=O) groups is 3. The molecule has 0 spiro atoms. The van der Waals surface area contributed by atoms with Crippen molar-refractivity contribution in [3.63, 3.8) is 0 Å². The Labute approximate surface area is 172 Å². The first-order chi connectivity index (χ1) is 13.4. The van der Waals surface area contributed by atoms with Crippen LogP contribution in [0, 0.1) is 0 Å². The number of ether oxygens (including phenoxy) is 1. The van der Waals surface area contributed by atoms with E-state index >= 15 is 0 Å². The van der Waals surface area contributed by atoms with Crippen LogP contribution in [-0.2, 0) is 9.59 Å². The molecule has 3 rings (SSSR count). The molecule has 0 atom stereocenters. The second kappa shape index (κ2) is 8.31. The second-order valence-electron chi connectivity index (χ2n) is 7.03. The molecule has 3 amide bonds. The molecule has 1 aliphatic rings. The van der Waals surface area contributed by atoms with Crippen LogP contribution in [0.15, 0.2) is 40.9 Å². The molecule has 0 saturated carbocycles. The quantitative estimate of drug-likeness (QED) is 0.388. The van der Waals surface area contributed by atoms with Gasteiger partial charge in [0, 0.05) is 4.47 Å². The molecule has 0 aliphatic carbocycles. The number of carbonyl (C=O) groups excluding carboxylic acids is 3. The highest BCUT2D eigenvalue weighted by Gasteiger charge is 2.50. The minimum absolute atomic E-state index is 0.346. The van der Waals surface area contributed by atoms with Gasteiger partial charge in [0.1, 0.15) is 17.8 Å². The van der Waals surface area contributed by atoms with E-state index in [1.807, 2.05) is 38.1 Å². The van der Waals surface area contributed by atoms with E-state index in [-0.39, 0.29) is 5.91 Å². The fraction of sp³-hybridized carbons (Fsp3) is 0.381. The summed E-state index contributed by atoms with van der Waals surface area (Å²) in [5.41, 5.74) is -0.906. The second-order valence-corrected chi connectivity index (χ2v) is 7.95. The number of halogens is 1. The Balaban J connectivity index is 1.71. The van der Waals surface area contributed by atoms with Gasteiger partial charge in [0.2, 0.25) is 0 Å². The molecule has 1 heterocycles. The highest BCUT2D eigenvalue weighted by atomic mass is 79.9. The van der Waals surface area contributed by atoms with Crippen LogP contribution < -0.4 is 10.1 Å². The number of hydrogen-bond donors (Lipinski definition) is 1. The van der Waals surface area contributed by atoms with Crippen LogP contribution in [0.2, 0.25) is 0 Å². The molecule has 0 aromatic heterocycles. The maximum Gasteiger partial charge on any atom is 0.331 e. The zero-order valence-electron chi connectivity index (χ0n) is 16.0. The van der Waals surface area contributed by atoms with Gasteiger partial charge in [0.25, 0.3) is 5.91 Å². The molecule has 0 radical (unpaired) electrons. The third kappa shape index (κ3) is 4.04. The predicted octanol–water partition coefficient (Wildman–Crippen LogP) is 4.40. The molecule has 7 heteroatoms. The molecule has 6 nitrogen and oxygen atoms in total. The number of nitrogens with zero attached hydrogens (tertiary/aromatic N) is 1. The zero-order chi connectivity index (χ0) is 20.3. The molecule has 1 N–H and O–H groups in total. The summed E-state index contributed by atoms with van der Waals surface area (Å²) >= 11 is 3.42. The average molecular weight is 447 g/mol. The first-order valence-corrected chi connectivity index (χ1v) is 10.2. The maximum atomic E-state index is 12.8. The van der Waals surface area contributed by atoms with Crippen LogP contribution >= 0.6 is 15.9 Å². The first-order valence-electron chi connectivity index (χ1n) is 9.42. The molecule has 28 heavy (non-hydrogen) atoms. The Kier molecular flexibility index (Phi) is 6.03. The number of benzene rings is 2. The van der Waals surface area contributed by atoms with Crippen molar-refractivity contribution < 1.29 is 19.1 Å². The maximum absolute atomic E-state index is 12.8. The summed E-state index contributed by atoms with van der Waals surface area (Å²) < 4.78 is 6.34. The number of amides is 3. The van der Waals surface area contributed by atoms with Gasteiger partial charge in [-0.05, 0) is 47.9 Å². The van der Waals surface area contributed by atoms with Crippen LogP contribution in [-0.4, -0.2) is 34.9 Å². The lowest BCUT2D eigenvalue weighted by atomic mass is 9.88. The van der Waals surface area contributed by atoms with E-state index in [2.05, 4.69) is 21.2 Å². The van der Waals surface area contributed by atoms with Crippen LogP contribution in [0.4, 0.5) is 4.79 Å². The minimum atomic E-state index is -0.906. The lowest BCUT2D eigenvalue weighted by Gasteiger charge is -2.25. The lowest BCUT2D eigenvalue weighted by molar-refractivity contribution is -0.141. The van der Waals surface area contributed by atoms with Gasteiger partial charge in [-0.3, -0.25) is 9.69 Å². The standard InChI is InChI=1S/C21H23BrN2O4/c1-3-9-21(10-4-2)19(26)24(20(27)23-21)13-18(25)28-17-8-6-14-11-16(22)7-5-15(14)12-17/h5-8,11-12H,3-4,9-10,13H2,1-2H3,(H,23,27). The van der Waals surface area contributed by atoms with E-state index in [1.165, 1.54) is 0 Å². The van der Waals surface area contributed by atoms with Gasteiger partial charge in [-0.1, -0.05) is 54.8 Å². The van der Waals surface area contributed by atoms with Crippen molar-refractivity contribution in [1.29, 1.82) is 0 Å². The van der Waals surface area contributed by atoms with E-state index in [0.717, 1.165) is 33.0 Å². The Hall–Kier alpha value is -2.41. The third-order valence-electron chi connectivity index (χ3n) is 4.89. The summed E-state index contributed by atoms with van der Waals surface area (Å²) in [5.74, 6) is -0.620. The van der Waals surface area contributed by atoms with Gasteiger partial charge in [-0.25, -0.2) is 9.59 Å². The van der Waals surface area contributed by atoms with Gasteiger partial charge < -0.3 is 10.1 Å². The van der Waals surface area contributed by atoms with Gasteiger partial charge in [-0.2, -0.15) is 0 Å². The highest BCUT2D eigenvalue weighted by Crippen LogP contribution is 2.28. The van der Waals surface area contributed by atoms with Crippen LogP contribution in [0.25, 0.3) is 10.8 Å². The summed E-state index contributed by atoms with van der Waals surface area (Å²) in [4.78, 5) is 38.5. The largest absolute Gasteiger partial charge is 0.425 e. The van der Waals surface area contributed by atoms with Crippen LogP contribution in [0.5, 0.6) is 5.75 Å². The van der Waals surface area contributed by atoms with Crippen LogP contribution in [0.1, 0.15) is 39.5 Å². The van der Waals surface area contributed by atoms with Gasteiger partial charge in [-0.15, -0.1) is 0 Å². The van der Waals surface area contributed by atoms with Crippen LogP contribution in [0.3, 0.4) is 0 Å². The summed E-state index contributed by atoms with van der Waals surface area (Å²) in [5, 5.41) is 4.72. The number of rotatable bonds is 7. The molecule has 0 unspecified atom stereocenters. The van der Waals surface area contributed by atoms with E-state index < -0.39 is 24.1 Å². The number of nitrogens with one attached hydrogen (secondary N) is 1. The van der Waals surface area contributed by atoms with E-state index in [1.54, 1.807) is 12.1 Å². The van der Waals surface area contributed by atoms with Gasteiger partial charge >= 0.3 is 12.0 Å². The SMILES string of the molecule is CCCC1(CCC)NC(=O)N(CC(=O)Oc2ccc3cc(Br)ccc3c2)C1=O. The number of imide groups is 1. The Bertz CT molecular complexity index is 922. The fourth-order valence-electron chi connectivity index (χ4n) is 3.69. The Morgan fingerprint density at radius 1 is 1.07 bits per heavy atom. The molecular weight excluding hydrogens is 424 g/mol. The van der Waals surface area contributed by atoms with Gasteiger partial charge in [0.05, 0.1) is 0 Å². The van der Waals surface area contributed by atoms with Crippen molar-refractivity contribution in [2.24, 2.45) is 0 Å². The predicted molar refractivity (Wildman–Crippen MR) is 110 cm³/mol. The Morgan fingerprint density at radius 2 is 1.71 bits per heavy atom. The monoisotopic (exact) mass is 446 g/mol. The molecule has 2 aromatic carbocycles. The molecular formula is C21H23BrN2O4. The number of fused-ring (bicyclic) bond motifs is 1. The van der Waals surface area contributed by atoms with Crippen molar-refractivity contribution >= 4 is 44.6 Å². The van der Waals surface area contributed by atoms with Crippen molar-refractivity contribution in [3.05, 3.63) is 40.9 Å². The number of esters is 1. The summed E-state index contributed by atoms with van der Waals surface area (Å²) in [7, 11) is 0. The molecule has 0 bridgehead atoms. The fourth-order valence-corrected chi connectivity index (χ4v) is 4.07. The third-order valence-corrected chi connectivity index (χ3v) is 5.39. The molecule has 1 saturated heterocycles. The Morgan fingerprint density at radius 3 is 2.39 bits per heavy atom.